The lowest BCUT2D eigenvalue weighted by molar-refractivity contribution is -0.125. The SMILES string of the molecule is COC(=O)c1ccc(CNC(=O)C(C)N(C)Cc2ccc(OC)cc2OC)cc1. The molecule has 2 rings (SSSR count). The van der Waals surface area contributed by atoms with E-state index >= 15 is 0 Å². The number of carbonyl (C=O) groups is 2. The van der Waals surface area contributed by atoms with Crippen LogP contribution in [0, 0.1) is 0 Å². The Morgan fingerprint density at radius 1 is 1.03 bits per heavy atom. The van der Waals surface area contributed by atoms with Gasteiger partial charge in [-0.2, -0.15) is 0 Å². The second-order valence-corrected chi connectivity index (χ2v) is 6.68. The van der Waals surface area contributed by atoms with Crippen LogP contribution in [0.1, 0.15) is 28.4 Å². The number of esters is 1. The molecule has 0 bridgehead atoms. The molecule has 0 aliphatic carbocycles. The minimum atomic E-state index is -0.384. The third-order valence-corrected chi connectivity index (χ3v) is 4.80. The minimum absolute atomic E-state index is 0.0861. The Morgan fingerprint density at radius 3 is 2.31 bits per heavy atom. The summed E-state index contributed by atoms with van der Waals surface area (Å²) in [5.41, 5.74) is 2.34. The van der Waals surface area contributed by atoms with Crippen LogP contribution < -0.4 is 14.8 Å². The number of hydrogen-bond acceptors (Lipinski definition) is 6. The Labute approximate surface area is 171 Å². The van der Waals surface area contributed by atoms with Crippen molar-refractivity contribution < 1.29 is 23.8 Å². The predicted molar refractivity (Wildman–Crippen MR) is 110 cm³/mol. The van der Waals surface area contributed by atoms with Crippen LogP contribution >= 0.6 is 0 Å². The van der Waals surface area contributed by atoms with Crippen LogP contribution in [0.5, 0.6) is 11.5 Å². The van der Waals surface area contributed by atoms with Crippen molar-refractivity contribution in [2.24, 2.45) is 0 Å². The number of nitrogens with zero attached hydrogens (tertiary/aromatic N) is 1. The molecule has 0 saturated heterocycles. The molecule has 0 radical (unpaired) electrons. The van der Waals surface area contributed by atoms with Gasteiger partial charge >= 0.3 is 5.97 Å². The zero-order valence-corrected chi connectivity index (χ0v) is 17.5. The molecular weight excluding hydrogens is 372 g/mol. The maximum atomic E-state index is 12.5. The van der Waals surface area contributed by atoms with Gasteiger partial charge < -0.3 is 19.5 Å². The summed E-state index contributed by atoms with van der Waals surface area (Å²) in [5.74, 6) is 0.966. The maximum Gasteiger partial charge on any atom is 0.337 e. The molecular formula is C22H28N2O5. The Kier molecular flexibility index (Phi) is 8.03. The molecule has 7 heteroatoms. The third kappa shape index (κ3) is 5.96. The second kappa shape index (κ2) is 10.5. The van der Waals surface area contributed by atoms with E-state index in [-0.39, 0.29) is 17.9 Å². The van der Waals surface area contributed by atoms with Crippen molar-refractivity contribution in [1.82, 2.24) is 10.2 Å². The van der Waals surface area contributed by atoms with E-state index in [1.54, 1.807) is 38.5 Å². The standard InChI is InChI=1S/C22H28N2O5/c1-15(24(2)14-18-10-11-19(27-3)12-20(18)28-4)21(25)23-13-16-6-8-17(9-7-16)22(26)29-5/h6-12,15H,13-14H2,1-5H3,(H,23,25). The van der Waals surface area contributed by atoms with Gasteiger partial charge in [0.15, 0.2) is 0 Å². The van der Waals surface area contributed by atoms with Crippen molar-refractivity contribution in [3.8, 4) is 11.5 Å². The van der Waals surface area contributed by atoms with E-state index in [9.17, 15) is 9.59 Å². The van der Waals surface area contributed by atoms with Crippen molar-refractivity contribution in [1.29, 1.82) is 0 Å². The van der Waals surface area contributed by atoms with Gasteiger partial charge in [0.2, 0.25) is 5.91 Å². The first-order valence-electron chi connectivity index (χ1n) is 9.25. The molecule has 7 nitrogen and oxygen atoms in total. The van der Waals surface area contributed by atoms with E-state index in [2.05, 4.69) is 10.1 Å². The average Bonchev–Trinajstić information content (AvgIpc) is 2.76. The van der Waals surface area contributed by atoms with Crippen LogP contribution in [0.4, 0.5) is 0 Å². The van der Waals surface area contributed by atoms with Crippen LogP contribution in [-0.2, 0) is 22.6 Å². The van der Waals surface area contributed by atoms with E-state index in [0.29, 0.717) is 18.7 Å². The van der Waals surface area contributed by atoms with Gasteiger partial charge in [-0.25, -0.2) is 4.79 Å². The molecule has 2 aromatic carbocycles. The molecule has 1 amide bonds. The number of carbonyl (C=O) groups excluding carboxylic acids is 2. The van der Waals surface area contributed by atoms with E-state index in [4.69, 9.17) is 9.47 Å². The van der Waals surface area contributed by atoms with Crippen LogP contribution in [0.3, 0.4) is 0 Å². The topological polar surface area (TPSA) is 77.1 Å². The highest BCUT2D eigenvalue weighted by atomic mass is 16.5. The third-order valence-electron chi connectivity index (χ3n) is 4.80. The van der Waals surface area contributed by atoms with E-state index in [0.717, 1.165) is 22.6 Å². The smallest absolute Gasteiger partial charge is 0.337 e. The lowest BCUT2D eigenvalue weighted by Gasteiger charge is -2.25. The molecule has 29 heavy (non-hydrogen) atoms. The van der Waals surface area contributed by atoms with Gasteiger partial charge in [-0.05, 0) is 37.7 Å². The molecule has 0 aliphatic rings. The highest BCUT2D eigenvalue weighted by molar-refractivity contribution is 5.89. The van der Waals surface area contributed by atoms with Gasteiger partial charge in [0.25, 0.3) is 0 Å². The summed E-state index contributed by atoms with van der Waals surface area (Å²) >= 11 is 0. The lowest BCUT2D eigenvalue weighted by Crippen LogP contribution is -2.42. The van der Waals surface area contributed by atoms with Crippen LogP contribution in [0.2, 0.25) is 0 Å². The predicted octanol–water partition coefficient (Wildman–Crippen LogP) is 2.63. The Morgan fingerprint density at radius 2 is 1.72 bits per heavy atom. The van der Waals surface area contributed by atoms with Crippen molar-refractivity contribution in [3.63, 3.8) is 0 Å². The summed E-state index contributed by atoms with van der Waals surface area (Å²) < 4.78 is 15.3. The van der Waals surface area contributed by atoms with Gasteiger partial charge in [-0.15, -0.1) is 0 Å². The first kappa shape index (κ1) is 22.2. The number of amides is 1. The number of ether oxygens (including phenoxy) is 3. The molecule has 1 unspecified atom stereocenters. The van der Waals surface area contributed by atoms with Gasteiger partial charge in [0.1, 0.15) is 11.5 Å². The first-order chi connectivity index (χ1) is 13.9. The summed E-state index contributed by atoms with van der Waals surface area (Å²) in [6, 6.07) is 12.2. The molecule has 2 aromatic rings. The Bertz CT molecular complexity index is 836. The van der Waals surface area contributed by atoms with E-state index < -0.39 is 0 Å². The molecule has 0 heterocycles. The Hall–Kier alpha value is -3.06. The highest BCUT2D eigenvalue weighted by Crippen LogP contribution is 2.25. The Balaban J connectivity index is 1.93. The fourth-order valence-electron chi connectivity index (χ4n) is 2.80. The normalized spacial score (nSPS) is 11.7. The van der Waals surface area contributed by atoms with Crippen molar-refractivity contribution in [2.45, 2.75) is 26.1 Å². The van der Waals surface area contributed by atoms with Crippen LogP contribution in [-0.4, -0.2) is 51.2 Å². The number of rotatable bonds is 9. The molecule has 0 aromatic heterocycles. The largest absolute Gasteiger partial charge is 0.497 e. The van der Waals surface area contributed by atoms with Gasteiger partial charge in [-0.1, -0.05) is 18.2 Å². The summed E-state index contributed by atoms with van der Waals surface area (Å²) in [6.07, 6.45) is 0. The minimum Gasteiger partial charge on any atom is -0.497 e. The average molecular weight is 400 g/mol. The molecule has 0 saturated carbocycles. The van der Waals surface area contributed by atoms with Crippen molar-refractivity contribution in [2.75, 3.05) is 28.4 Å². The molecule has 156 valence electrons. The number of nitrogens with one attached hydrogen (secondary N) is 1. The lowest BCUT2D eigenvalue weighted by atomic mass is 10.1. The number of methoxy groups -OCH3 is 3. The van der Waals surface area contributed by atoms with E-state index in [1.807, 2.05) is 37.1 Å². The van der Waals surface area contributed by atoms with E-state index in [1.165, 1.54) is 7.11 Å². The fraction of sp³-hybridized carbons (Fsp3) is 0.364. The van der Waals surface area contributed by atoms with Crippen LogP contribution in [0.15, 0.2) is 42.5 Å². The summed E-state index contributed by atoms with van der Waals surface area (Å²) in [7, 11) is 6.45. The summed E-state index contributed by atoms with van der Waals surface area (Å²) in [5, 5.41) is 2.93. The second-order valence-electron chi connectivity index (χ2n) is 6.68. The molecule has 0 fully saturated rings. The zero-order chi connectivity index (χ0) is 21.4. The van der Waals surface area contributed by atoms with Crippen molar-refractivity contribution >= 4 is 11.9 Å². The number of benzene rings is 2. The molecule has 0 spiro atoms. The molecule has 1 atom stereocenters. The van der Waals surface area contributed by atoms with Gasteiger partial charge in [-0.3, -0.25) is 9.69 Å². The summed E-state index contributed by atoms with van der Waals surface area (Å²) in [6.45, 7) is 2.78. The number of likely N-dealkylation sites (N-methyl/N-ethyl adjacent to an activating group) is 1. The van der Waals surface area contributed by atoms with Crippen LogP contribution in [0.25, 0.3) is 0 Å². The number of hydrogen-bond donors (Lipinski definition) is 1. The molecule has 0 aliphatic heterocycles. The molecule has 1 N–H and O–H groups in total. The summed E-state index contributed by atoms with van der Waals surface area (Å²) in [4.78, 5) is 26.0. The first-order valence-corrected chi connectivity index (χ1v) is 9.25. The van der Waals surface area contributed by atoms with Gasteiger partial charge in [0, 0.05) is 24.7 Å². The maximum absolute atomic E-state index is 12.5. The fourth-order valence-corrected chi connectivity index (χ4v) is 2.80. The monoisotopic (exact) mass is 400 g/mol. The quantitative estimate of drug-likeness (QED) is 0.652. The highest BCUT2D eigenvalue weighted by Gasteiger charge is 2.19. The van der Waals surface area contributed by atoms with Crippen molar-refractivity contribution in [3.05, 3.63) is 59.2 Å². The van der Waals surface area contributed by atoms with Gasteiger partial charge in [0.05, 0.1) is 32.9 Å². The zero-order valence-electron chi connectivity index (χ0n) is 17.5.